The molecule has 0 amide bonds. The zero-order chi connectivity index (χ0) is 16.6. The normalized spacial score (nSPS) is 20.7. The molecule has 0 aliphatic heterocycles. The molecule has 0 spiro atoms. The molecule has 2 unspecified atom stereocenters. The van der Waals surface area contributed by atoms with Crippen LogP contribution in [-0.2, 0) is 4.79 Å². The number of nitro groups is 1. The minimum Gasteiger partial charge on any atom is -0.309 e. The number of hydrogen-bond donors (Lipinski definition) is 1. The second kappa shape index (κ2) is 6.19. The predicted octanol–water partition coefficient (Wildman–Crippen LogP) is 4.06. The van der Waals surface area contributed by atoms with Crippen LogP contribution >= 0.6 is 22.6 Å². The van der Waals surface area contributed by atoms with Crippen molar-refractivity contribution in [3.8, 4) is 0 Å². The summed E-state index contributed by atoms with van der Waals surface area (Å²) in [6.45, 7) is 0. The van der Waals surface area contributed by atoms with E-state index in [0.717, 1.165) is 9.13 Å². The van der Waals surface area contributed by atoms with Crippen molar-refractivity contribution in [2.24, 2.45) is 0 Å². The van der Waals surface area contributed by atoms with Gasteiger partial charge in [-0.25, -0.2) is 0 Å². The van der Waals surface area contributed by atoms with Crippen LogP contribution in [0.4, 0.5) is 5.69 Å². The Hall–Kier alpha value is -2.09. The summed E-state index contributed by atoms with van der Waals surface area (Å²) in [4.78, 5) is 23.2. The maximum Gasteiger partial charge on any atom is 0.269 e. The highest BCUT2D eigenvalue weighted by Gasteiger charge is 2.40. The van der Waals surface area contributed by atoms with Crippen molar-refractivity contribution in [1.82, 2.24) is 0 Å². The first-order chi connectivity index (χ1) is 11.0. The molecule has 23 heavy (non-hydrogen) atoms. The van der Waals surface area contributed by atoms with Gasteiger partial charge in [0.25, 0.3) is 5.69 Å². The summed E-state index contributed by atoms with van der Waals surface area (Å²) >= 11 is 2.18. The standard InChI is InChI=1S/C17H13IN2O3/c18-12-5-1-4-11(7-12)16-15(19)9-14(17(16)21)10-3-2-6-13(8-10)20(22)23/h1-8,14,16,19H,9H2. The minimum atomic E-state index is -0.547. The molecule has 0 bridgehead atoms. The molecule has 2 aromatic carbocycles. The molecular weight excluding hydrogens is 407 g/mol. The van der Waals surface area contributed by atoms with Gasteiger partial charge in [-0.2, -0.15) is 0 Å². The molecule has 1 aliphatic carbocycles. The molecule has 1 aliphatic rings. The zero-order valence-corrected chi connectivity index (χ0v) is 14.2. The van der Waals surface area contributed by atoms with Gasteiger partial charge in [0.1, 0.15) is 0 Å². The Balaban J connectivity index is 1.95. The molecule has 0 heterocycles. The van der Waals surface area contributed by atoms with Gasteiger partial charge < -0.3 is 5.41 Å². The van der Waals surface area contributed by atoms with Gasteiger partial charge in [-0.1, -0.05) is 24.3 Å². The first kappa shape index (κ1) is 15.8. The van der Waals surface area contributed by atoms with E-state index in [1.54, 1.807) is 12.1 Å². The molecule has 116 valence electrons. The third kappa shape index (κ3) is 3.03. The lowest BCUT2D eigenvalue weighted by Crippen LogP contribution is -2.14. The van der Waals surface area contributed by atoms with Gasteiger partial charge in [0.05, 0.1) is 10.8 Å². The Morgan fingerprint density at radius 2 is 1.83 bits per heavy atom. The lowest BCUT2D eigenvalue weighted by Gasteiger charge is -2.11. The van der Waals surface area contributed by atoms with Crippen LogP contribution in [-0.4, -0.2) is 16.4 Å². The number of ketones is 1. The van der Waals surface area contributed by atoms with Gasteiger partial charge in [-0.15, -0.1) is 0 Å². The lowest BCUT2D eigenvalue weighted by molar-refractivity contribution is -0.384. The van der Waals surface area contributed by atoms with Crippen LogP contribution in [0.25, 0.3) is 0 Å². The monoisotopic (exact) mass is 420 g/mol. The molecule has 5 nitrogen and oxygen atoms in total. The van der Waals surface area contributed by atoms with Crippen molar-refractivity contribution in [2.75, 3.05) is 0 Å². The Bertz CT molecular complexity index is 819. The van der Waals surface area contributed by atoms with E-state index in [4.69, 9.17) is 5.41 Å². The van der Waals surface area contributed by atoms with E-state index in [2.05, 4.69) is 22.6 Å². The number of benzene rings is 2. The van der Waals surface area contributed by atoms with Crippen LogP contribution in [0.3, 0.4) is 0 Å². The summed E-state index contributed by atoms with van der Waals surface area (Å²) < 4.78 is 1.01. The smallest absolute Gasteiger partial charge is 0.269 e. The first-order valence-corrected chi connectivity index (χ1v) is 8.16. The first-order valence-electron chi connectivity index (χ1n) is 7.08. The number of hydrogen-bond acceptors (Lipinski definition) is 4. The van der Waals surface area contributed by atoms with E-state index in [-0.39, 0.29) is 11.5 Å². The average Bonchev–Trinajstić information content (AvgIpc) is 2.82. The molecule has 6 heteroatoms. The summed E-state index contributed by atoms with van der Waals surface area (Å²) in [6, 6.07) is 13.7. The number of nitro benzene ring substituents is 1. The van der Waals surface area contributed by atoms with E-state index in [1.165, 1.54) is 12.1 Å². The summed E-state index contributed by atoms with van der Waals surface area (Å²) in [5.41, 5.74) is 1.77. The van der Waals surface area contributed by atoms with E-state index in [9.17, 15) is 14.9 Å². The van der Waals surface area contributed by atoms with Gasteiger partial charge in [0, 0.05) is 27.3 Å². The van der Waals surface area contributed by atoms with Crippen molar-refractivity contribution in [3.05, 3.63) is 73.3 Å². The van der Waals surface area contributed by atoms with Crippen LogP contribution in [0.2, 0.25) is 0 Å². The van der Waals surface area contributed by atoms with Gasteiger partial charge in [-0.3, -0.25) is 14.9 Å². The topological polar surface area (TPSA) is 84.1 Å². The summed E-state index contributed by atoms with van der Waals surface area (Å²) in [6.07, 6.45) is 0.316. The van der Waals surface area contributed by atoms with Crippen molar-refractivity contribution < 1.29 is 9.72 Å². The Labute approximate surface area is 146 Å². The maximum absolute atomic E-state index is 12.8. The van der Waals surface area contributed by atoms with Crippen LogP contribution in [0, 0.1) is 19.1 Å². The van der Waals surface area contributed by atoms with E-state index >= 15 is 0 Å². The molecule has 1 N–H and O–H groups in total. The number of carbonyl (C=O) groups excluding carboxylic acids is 1. The van der Waals surface area contributed by atoms with Crippen LogP contribution in [0.1, 0.15) is 29.4 Å². The largest absolute Gasteiger partial charge is 0.309 e. The number of non-ortho nitro benzene ring substituents is 1. The summed E-state index contributed by atoms with van der Waals surface area (Å²) in [5.74, 6) is -1.09. The van der Waals surface area contributed by atoms with E-state index in [1.807, 2.05) is 24.3 Å². The number of nitrogens with zero attached hydrogens (tertiary/aromatic N) is 1. The fourth-order valence-corrected chi connectivity index (χ4v) is 3.57. The molecule has 3 rings (SSSR count). The highest BCUT2D eigenvalue weighted by molar-refractivity contribution is 14.1. The number of rotatable bonds is 3. The highest BCUT2D eigenvalue weighted by atomic mass is 127. The van der Waals surface area contributed by atoms with Crippen molar-refractivity contribution in [1.29, 1.82) is 5.41 Å². The molecule has 1 fully saturated rings. The predicted molar refractivity (Wildman–Crippen MR) is 95.1 cm³/mol. The maximum atomic E-state index is 12.8. The Kier molecular flexibility index (Phi) is 4.25. The second-order valence-electron chi connectivity index (χ2n) is 5.52. The quantitative estimate of drug-likeness (QED) is 0.462. The summed E-state index contributed by atoms with van der Waals surface area (Å²) in [7, 11) is 0. The SMILES string of the molecule is N=C1CC(c2cccc([N+](=O)[O-])c2)C(=O)C1c1cccc(I)c1. The second-order valence-corrected chi connectivity index (χ2v) is 6.77. The molecule has 2 atom stereocenters. The van der Waals surface area contributed by atoms with Crippen molar-refractivity contribution in [2.45, 2.75) is 18.3 Å². The molecule has 0 aromatic heterocycles. The Morgan fingerprint density at radius 3 is 2.52 bits per heavy atom. The van der Waals surface area contributed by atoms with Crippen molar-refractivity contribution in [3.63, 3.8) is 0 Å². The third-order valence-corrected chi connectivity index (χ3v) is 4.74. The Morgan fingerprint density at radius 1 is 1.13 bits per heavy atom. The third-order valence-electron chi connectivity index (χ3n) is 4.07. The van der Waals surface area contributed by atoms with Gasteiger partial charge in [-0.05, 0) is 52.3 Å². The number of halogens is 1. The van der Waals surface area contributed by atoms with Gasteiger partial charge in [0.15, 0.2) is 5.78 Å². The van der Waals surface area contributed by atoms with Gasteiger partial charge in [0.2, 0.25) is 0 Å². The molecule has 0 radical (unpaired) electrons. The molecule has 1 saturated carbocycles. The fourth-order valence-electron chi connectivity index (χ4n) is 3.00. The lowest BCUT2D eigenvalue weighted by atomic mass is 9.91. The van der Waals surface area contributed by atoms with Gasteiger partial charge >= 0.3 is 0 Å². The number of carbonyl (C=O) groups is 1. The van der Waals surface area contributed by atoms with Crippen LogP contribution < -0.4 is 0 Å². The molecule has 0 saturated heterocycles. The van der Waals surface area contributed by atoms with E-state index < -0.39 is 16.8 Å². The number of nitrogens with one attached hydrogen (secondary N) is 1. The average molecular weight is 420 g/mol. The minimum absolute atomic E-state index is 0.0282. The molecular formula is C17H13IN2O3. The summed E-state index contributed by atoms with van der Waals surface area (Å²) in [5, 5.41) is 19.1. The highest BCUT2D eigenvalue weighted by Crippen LogP contribution is 2.39. The van der Waals surface area contributed by atoms with E-state index in [0.29, 0.717) is 17.7 Å². The molecule has 2 aromatic rings. The van der Waals surface area contributed by atoms with Crippen LogP contribution in [0.15, 0.2) is 48.5 Å². The van der Waals surface area contributed by atoms with Crippen molar-refractivity contribution >= 4 is 39.8 Å². The zero-order valence-electron chi connectivity index (χ0n) is 12.0. The fraction of sp³-hybridized carbons (Fsp3) is 0.176. The van der Waals surface area contributed by atoms with Crippen LogP contribution in [0.5, 0.6) is 0 Å². The number of Topliss-reactive ketones (excluding diaryl/α,β-unsaturated/α-hetero) is 1.